The second-order valence-electron chi connectivity index (χ2n) is 4.97. The largest absolute Gasteiger partial charge is 0.497 e. The molecule has 0 unspecified atom stereocenters. The monoisotopic (exact) mass is 352 g/mol. The van der Waals surface area contributed by atoms with Crippen LogP contribution in [0.2, 0.25) is 0 Å². The zero-order valence-corrected chi connectivity index (χ0v) is 13.6. The van der Waals surface area contributed by atoms with Crippen LogP contribution >= 0.6 is 0 Å². The van der Waals surface area contributed by atoms with Gasteiger partial charge in [0.25, 0.3) is 0 Å². The van der Waals surface area contributed by atoms with Crippen molar-refractivity contribution in [1.29, 1.82) is 5.26 Å². The van der Waals surface area contributed by atoms with Crippen LogP contribution in [0.15, 0.2) is 48.7 Å². The first-order valence-electron chi connectivity index (χ1n) is 7.41. The molecule has 0 aliphatic rings. The quantitative estimate of drug-likeness (QED) is 0.656. The number of hydrogen-bond donors (Lipinski definition) is 2. The van der Waals surface area contributed by atoms with E-state index in [1.54, 1.807) is 31.4 Å². The molecule has 0 bridgehead atoms. The number of benzene rings is 2. The van der Waals surface area contributed by atoms with Crippen LogP contribution in [0.1, 0.15) is 5.82 Å². The second-order valence-corrected chi connectivity index (χ2v) is 4.97. The number of nitriles is 1. The number of hydrogen-bond acceptors (Lipinski definition) is 7. The van der Waals surface area contributed by atoms with Crippen LogP contribution in [-0.4, -0.2) is 27.7 Å². The van der Waals surface area contributed by atoms with Crippen molar-refractivity contribution in [2.24, 2.45) is 0 Å². The number of allylic oxidation sites excluding steroid dienone is 1. The van der Waals surface area contributed by atoms with Crippen molar-refractivity contribution in [1.82, 2.24) is 20.6 Å². The normalized spacial score (nSPS) is 10.9. The van der Waals surface area contributed by atoms with Crippen molar-refractivity contribution in [3.8, 4) is 23.3 Å². The number of nitrogens with one attached hydrogen (secondary N) is 2. The molecule has 1 aromatic heterocycles. The van der Waals surface area contributed by atoms with Crippen LogP contribution < -0.4 is 14.8 Å². The molecule has 9 heteroatoms. The van der Waals surface area contributed by atoms with Crippen molar-refractivity contribution in [3.05, 3.63) is 60.3 Å². The first kappa shape index (κ1) is 16.9. The number of tetrazole rings is 1. The van der Waals surface area contributed by atoms with Gasteiger partial charge in [0.1, 0.15) is 29.0 Å². The predicted octanol–water partition coefficient (Wildman–Crippen LogP) is 3.12. The topological polar surface area (TPSA) is 109 Å². The minimum absolute atomic E-state index is 0.119. The number of methoxy groups -OCH3 is 1. The van der Waals surface area contributed by atoms with Crippen LogP contribution in [-0.2, 0) is 0 Å². The summed E-state index contributed by atoms with van der Waals surface area (Å²) in [4.78, 5) is 0. The summed E-state index contributed by atoms with van der Waals surface area (Å²) in [6.07, 6.45) is 1.35. The van der Waals surface area contributed by atoms with Crippen molar-refractivity contribution >= 4 is 11.3 Å². The summed E-state index contributed by atoms with van der Waals surface area (Å²) in [5.41, 5.74) is 0.454. The van der Waals surface area contributed by atoms with Gasteiger partial charge in [0.15, 0.2) is 5.75 Å². The lowest BCUT2D eigenvalue weighted by Crippen LogP contribution is -1.96. The Balaban J connectivity index is 1.84. The van der Waals surface area contributed by atoms with Crippen molar-refractivity contribution < 1.29 is 13.9 Å². The number of H-pyrrole nitrogens is 1. The number of ether oxygens (including phenoxy) is 2. The molecule has 0 amide bonds. The lowest BCUT2D eigenvalue weighted by molar-refractivity contribution is 0.413. The molecule has 130 valence electrons. The van der Waals surface area contributed by atoms with Gasteiger partial charge in [-0.25, -0.2) is 4.39 Å². The summed E-state index contributed by atoms with van der Waals surface area (Å²) in [6.45, 7) is 0. The number of nitrogens with zero attached hydrogens (tertiary/aromatic N) is 4. The molecule has 0 atom stereocenters. The van der Waals surface area contributed by atoms with Crippen LogP contribution in [0, 0.1) is 17.1 Å². The van der Waals surface area contributed by atoms with E-state index < -0.39 is 5.82 Å². The number of aromatic nitrogens is 4. The molecule has 0 radical (unpaired) electrons. The third-order valence-electron chi connectivity index (χ3n) is 3.31. The van der Waals surface area contributed by atoms with Crippen molar-refractivity contribution in [2.75, 3.05) is 12.4 Å². The molecule has 8 nitrogen and oxygen atoms in total. The van der Waals surface area contributed by atoms with E-state index in [2.05, 4.69) is 25.9 Å². The first-order chi connectivity index (χ1) is 12.7. The molecule has 3 aromatic rings. The van der Waals surface area contributed by atoms with Gasteiger partial charge in [0, 0.05) is 12.3 Å². The molecular weight excluding hydrogens is 339 g/mol. The Morgan fingerprint density at radius 3 is 2.65 bits per heavy atom. The molecule has 0 fully saturated rings. The van der Waals surface area contributed by atoms with Crippen molar-refractivity contribution in [3.63, 3.8) is 0 Å². The molecule has 0 saturated heterocycles. The zero-order valence-electron chi connectivity index (χ0n) is 13.6. The van der Waals surface area contributed by atoms with Crippen LogP contribution in [0.5, 0.6) is 17.2 Å². The van der Waals surface area contributed by atoms with Gasteiger partial charge in [0.05, 0.1) is 12.8 Å². The molecule has 0 spiro atoms. The number of halogens is 1. The average molecular weight is 352 g/mol. The van der Waals surface area contributed by atoms with Crippen LogP contribution in [0.4, 0.5) is 10.1 Å². The highest BCUT2D eigenvalue weighted by molar-refractivity contribution is 5.75. The van der Waals surface area contributed by atoms with E-state index >= 15 is 0 Å². The molecular formula is C17H13FN6O2. The molecule has 0 saturated carbocycles. The lowest BCUT2D eigenvalue weighted by atomic mass is 10.2. The Bertz CT molecular complexity index is 948. The summed E-state index contributed by atoms with van der Waals surface area (Å²) in [5.74, 6) is 1.27. The summed E-state index contributed by atoms with van der Waals surface area (Å²) in [6, 6.07) is 12.9. The van der Waals surface area contributed by atoms with Crippen LogP contribution in [0.25, 0.3) is 5.57 Å². The highest BCUT2D eigenvalue weighted by Crippen LogP contribution is 2.31. The third kappa shape index (κ3) is 3.93. The summed E-state index contributed by atoms with van der Waals surface area (Å²) >= 11 is 0. The highest BCUT2D eigenvalue weighted by Gasteiger charge is 2.09. The second kappa shape index (κ2) is 7.76. The van der Waals surface area contributed by atoms with Gasteiger partial charge in [-0.1, -0.05) is 0 Å². The van der Waals surface area contributed by atoms with Gasteiger partial charge >= 0.3 is 0 Å². The molecule has 3 rings (SSSR count). The van der Waals surface area contributed by atoms with Gasteiger partial charge in [0.2, 0.25) is 5.82 Å². The lowest BCUT2D eigenvalue weighted by Gasteiger charge is -2.12. The predicted molar refractivity (Wildman–Crippen MR) is 90.9 cm³/mol. The Labute approximate surface area is 147 Å². The van der Waals surface area contributed by atoms with E-state index in [1.807, 2.05) is 6.07 Å². The maximum absolute atomic E-state index is 13.6. The fourth-order valence-electron chi connectivity index (χ4n) is 2.05. The molecule has 2 N–H and O–H groups in total. The molecule has 0 aliphatic heterocycles. The van der Waals surface area contributed by atoms with E-state index in [-0.39, 0.29) is 11.4 Å². The molecule has 2 aromatic carbocycles. The summed E-state index contributed by atoms with van der Waals surface area (Å²) in [7, 11) is 1.57. The first-order valence-corrected chi connectivity index (χ1v) is 7.41. The van der Waals surface area contributed by atoms with Crippen molar-refractivity contribution in [2.45, 2.75) is 0 Å². The van der Waals surface area contributed by atoms with Gasteiger partial charge in [-0.15, -0.1) is 10.2 Å². The zero-order chi connectivity index (χ0) is 18.4. The number of anilines is 1. The maximum atomic E-state index is 13.6. The summed E-state index contributed by atoms with van der Waals surface area (Å²) in [5, 5.41) is 25.1. The van der Waals surface area contributed by atoms with Gasteiger partial charge in [-0.05, 0) is 41.6 Å². The Hall–Kier alpha value is -3.93. The minimum Gasteiger partial charge on any atom is -0.497 e. The maximum Gasteiger partial charge on any atom is 0.216 e. The van der Waals surface area contributed by atoms with Crippen LogP contribution in [0.3, 0.4) is 0 Å². The summed E-state index contributed by atoms with van der Waals surface area (Å²) < 4.78 is 24.5. The van der Waals surface area contributed by atoms with E-state index in [4.69, 9.17) is 9.47 Å². The number of rotatable bonds is 6. The molecule has 1 heterocycles. The van der Waals surface area contributed by atoms with E-state index in [9.17, 15) is 9.65 Å². The van der Waals surface area contributed by atoms with Gasteiger partial charge in [-0.2, -0.15) is 10.5 Å². The van der Waals surface area contributed by atoms with E-state index in [1.165, 1.54) is 24.4 Å². The highest BCUT2D eigenvalue weighted by atomic mass is 19.1. The fraction of sp³-hybridized carbons (Fsp3) is 0.0588. The van der Waals surface area contributed by atoms with Gasteiger partial charge in [-0.3, -0.25) is 0 Å². The third-order valence-corrected chi connectivity index (χ3v) is 3.31. The molecule has 26 heavy (non-hydrogen) atoms. The standard InChI is InChI=1S/C17H13FN6O2/c1-25-13-3-5-14(6-4-13)26-16-7-2-12(18)8-15(16)20-10-11(9-19)17-21-23-24-22-17/h2-8,10,20H,1H3,(H,21,22,23,24). The average Bonchev–Trinajstić information content (AvgIpc) is 3.19. The molecule has 0 aliphatic carbocycles. The Morgan fingerprint density at radius 2 is 2.00 bits per heavy atom. The SMILES string of the molecule is COc1ccc(Oc2ccc(F)cc2NC=C(C#N)c2nn[nH]n2)cc1. The van der Waals surface area contributed by atoms with E-state index in [0.29, 0.717) is 22.9 Å². The minimum atomic E-state index is -0.457. The Kier molecular flexibility index (Phi) is 5.05. The van der Waals surface area contributed by atoms with E-state index in [0.717, 1.165) is 0 Å². The van der Waals surface area contributed by atoms with Gasteiger partial charge < -0.3 is 14.8 Å². The smallest absolute Gasteiger partial charge is 0.216 e. The number of aromatic amines is 1. The Morgan fingerprint density at radius 1 is 1.23 bits per heavy atom. The fourth-order valence-corrected chi connectivity index (χ4v) is 2.05.